The van der Waals surface area contributed by atoms with Gasteiger partial charge < -0.3 is 10.1 Å². The Bertz CT molecular complexity index is 1260. The van der Waals surface area contributed by atoms with E-state index < -0.39 is 10.8 Å². The van der Waals surface area contributed by atoms with Gasteiger partial charge in [0.15, 0.2) is 6.61 Å². The van der Waals surface area contributed by atoms with Gasteiger partial charge in [0, 0.05) is 23.4 Å². The Balaban J connectivity index is 1.52. The Morgan fingerprint density at radius 2 is 1.82 bits per heavy atom. The minimum Gasteiger partial charge on any atom is -0.482 e. The third-order valence-electron chi connectivity index (χ3n) is 4.69. The molecule has 0 aliphatic rings. The molecular weight excluding hydrogens is 460 g/mol. The number of hydrazone groups is 1. The Hall–Kier alpha value is -4.24. The van der Waals surface area contributed by atoms with Crippen LogP contribution in [0.4, 0.5) is 11.4 Å². The first kappa shape index (κ1) is 24.4. The van der Waals surface area contributed by atoms with Gasteiger partial charge in [0.05, 0.1) is 16.2 Å². The summed E-state index contributed by atoms with van der Waals surface area (Å²) in [6.07, 6.45) is 1.38. The number of amides is 2. The molecule has 0 atom stereocenters. The number of nitrogens with one attached hydrogen (secondary N) is 2. The first-order chi connectivity index (χ1) is 16.2. The van der Waals surface area contributed by atoms with Gasteiger partial charge in [0.2, 0.25) is 0 Å². The summed E-state index contributed by atoms with van der Waals surface area (Å²) in [6.45, 7) is 3.67. The first-order valence-corrected chi connectivity index (χ1v) is 10.5. The largest absolute Gasteiger partial charge is 0.482 e. The number of hydrogen-bond donors (Lipinski definition) is 2. The number of carbonyl (C=O) groups excluding carboxylic acids is 2. The summed E-state index contributed by atoms with van der Waals surface area (Å²) in [4.78, 5) is 34.4. The number of nitro groups is 1. The molecule has 0 saturated heterocycles. The fourth-order valence-electron chi connectivity index (χ4n) is 2.96. The van der Waals surface area contributed by atoms with Crippen LogP contribution in [0.25, 0.3) is 0 Å². The predicted octanol–water partition coefficient (Wildman–Crippen LogP) is 4.65. The van der Waals surface area contributed by atoms with E-state index in [-0.39, 0.29) is 28.8 Å². The Labute approximate surface area is 200 Å². The van der Waals surface area contributed by atoms with Crippen molar-refractivity contribution in [1.82, 2.24) is 5.43 Å². The van der Waals surface area contributed by atoms with Crippen molar-refractivity contribution in [2.24, 2.45) is 5.10 Å². The van der Waals surface area contributed by atoms with Crippen LogP contribution in [0.2, 0.25) is 5.02 Å². The van der Waals surface area contributed by atoms with Crippen LogP contribution in [0.5, 0.6) is 5.75 Å². The molecular formula is C24H21ClN4O5. The summed E-state index contributed by atoms with van der Waals surface area (Å²) in [5.74, 6) is -0.515. The number of anilines is 1. The second kappa shape index (κ2) is 11.1. The summed E-state index contributed by atoms with van der Waals surface area (Å²) in [5.41, 5.74) is 5.81. The van der Waals surface area contributed by atoms with Crippen molar-refractivity contribution in [2.75, 3.05) is 11.9 Å². The molecule has 0 heterocycles. The number of rotatable bonds is 8. The van der Waals surface area contributed by atoms with E-state index >= 15 is 0 Å². The molecule has 3 aromatic carbocycles. The summed E-state index contributed by atoms with van der Waals surface area (Å²) in [7, 11) is 0. The first-order valence-electron chi connectivity index (χ1n) is 10.1. The molecule has 0 unspecified atom stereocenters. The van der Waals surface area contributed by atoms with Crippen LogP contribution < -0.4 is 15.5 Å². The van der Waals surface area contributed by atoms with E-state index in [9.17, 15) is 19.7 Å². The summed E-state index contributed by atoms with van der Waals surface area (Å²) in [5, 5.41) is 17.6. The zero-order valence-corrected chi connectivity index (χ0v) is 19.1. The standard InChI is InChI=1S/C24H21ClN4O5/c1-15-3-9-21(16(2)11-15)27-23(30)14-34-22-10-4-17(12-20(22)25)13-26-28-24(31)18-5-7-19(8-6-18)29(32)33/h3-13H,14H2,1-2H3,(H,27,30)(H,28,31)/b26-13+. The highest BCUT2D eigenvalue weighted by atomic mass is 35.5. The minimum atomic E-state index is -0.547. The average molecular weight is 481 g/mol. The Morgan fingerprint density at radius 1 is 1.09 bits per heavy atom. The average Bonchev–Trinajstić information content (AvgIpc) is 2.80. The number of non-ortho nitro benzene ring substituents is 1. The lowest BCUT2D eigenvalue weighted by atomic mass is 10.1. The van der Waals surface area contributed by atoms with E-state index in [1.807, 2.05) is 32.0 Å². The topological polar surface area (TPSA) is 123 Å². The molecule has 0 aromatic heterocycles. The van der Waals surface area contributed by atoms with E-state index in [0.29, 0.717) is 17.0 Å². The number of hydrogen-bond acceptors (Lipinski definition) is 6. The zero-order chi connectivity index (χ0) is 24.7. The third-order valence-corrected chi connectivity index (χ3v) is 4.99. The van der Waals surface area contributed by atoms with Crippen molar-refractivity contribution in [3.63, 3.8) is 0 Å². The van der Waals surface area contributed by atoms with Gasteiger partial charge in [-0.25, -0.2) is 5.43 Å². The maximum atomic E-state index is 12.2. The van der Waals surface area contributed by atoms with Crippen LogP contribution in [0.15, 0.2) is 65.8 Å². The molecule has 3 rings (SSSR count). The fourth-order valence-corrected chi connectivity index (χ4v) is 3.21. The molecule has 0 bridgehead atoms. The van der Waals surface area contributed by atoms with Crippen molar-refractivity contribution in [1.29, 1.82) is 0 Å². The van der Waals surface area contributed by atoms with E-state index in [2.05, 4.69) is 15.8 Å². The van der Waals surface area contributed by atoms with Gasteiger partial charge in [-0.1, -0.05) is 29.3 Å². The van der Waals surface area contributed by atoms with Gasteiger partial charge in [0.25, 0.3) is 17.5 Å². The third kappa shape index (κ3) is 6.63. The van der Waals surface area contributed by atoms with Crippen molar-refractivity contribution < 1.29 is 19.2 Å². The summed E-state index contributed by atoms with van der Waals surface area (Å²) < 4.78 is 5.51. The van der Waals surface area contributed by atoms with E-state index in [4.69, 9.17) is 16.3 Å². The Morgan fingerprint density at radius 3 is 2.47 bits per heavy atom. The number of nitrogens with zero attached hydrogens (tertiary/aromatic N) is 2. The van der Waals surface area contributed by atoms with Crippen LogP contribution in [0.1, 0.15) is 27.0 Å². The second-order valence-electron chi connectivity index (χ2n) is 7.35. The summed E-state index contributed by atoms with van der Waals surface area (Å²) >= 11 is 6.23. The molecule has 0 radical (unpaired) electrons. The van der Waals surface area contributed by atoms with Gasteiger partial charge >= 0.3 is 0 Å². The number of halogens is 1. The van der Waals surface area contributed by atoms with Gasteiger partial charge in [-0.3, -0.25) is 19.7 Å². The van der Waals surface area contributed by atoms with Crippen LogP contribution in [-0.2, 0) is 4.79 Å². The highest BCUT2D eigenvalue weighted by molar-refractivity contribution is 6.32. The highest BCUT2D eigenvalue weighted by Gasteiger charge is 2.10. The maximum Gasteiger partial charge on any atom is 0.271 e. The van der Waals surface area contributed by atoms with E-state index in [1.165, 1.54) is 30.5 Å². The lowest BCUT2D eigenvalue weighted by Crippen LogP contribution is -2.20. The van der Waals surface area contributed by atoms with Crippen LogP contribution in [-0.4, -0.2) is 29.6 Å². The molecule has 0 spiro atoms. The second-order valence-corrected chi connectivity index (χ2v) is 7.76. The maximum absolute atomic E-state index is 12.2. The highest BCUT2D eigenvalue weighted by Crippen LogP contribution is 2.25. The molecule has 174 valence electrons. The smallest absolute Gasteiger partial charge is 0.271 e. The van der Waals surface area contributed by atoms with Gasteiger partial charge in [0.1, 0.15) is 5.75 Å². The molecule has 9 nitrogen and oxygen atoms in total. The zero-order valence-electron chi connectivity index (χ0n) is 18.4. The van der Waals surface area contributed by atoms with Gasteiger partial charge in [-0.05, 0) is 61.4 Å². The van der Waals surface area contributed by atoms with Gasteiger partial charge in [-0.15, -0.1) is 0 Å². The molecule has 3 aromatic rings. The fraction of sp³-hybridized carbons (Fsp3) is 0.125. The van der Waals surface area contributed by atoms with Crippen molar-refractivity contribution in [3.05, 3.63) is 98.1 Å². The molecule has 0 aliphatic carbocycles. The van der Waals surface area contributed by atoms with Crippen LogP contribution in [0.3, 0.4) is 0 Å². The Kier molecular flexibility index (Phi) is 7.94. The molecule has 34 heavy (non-hydrogen) atoms. The lowest BCUT2D eigenvalue weighted by molar-refractivity contribution is -0.384. The van der Waals surface area contributed by atoms with Crippen molar-refractivity contribution in [2.45, 2.75) is 13.8 Å². The number of ether oxygens (including phenoxy) is 1. The molecule has 2 N–H and O–H groups in total. The predicted molar refractivity (Wildman–Crippen MR) is 130 cm³/mol. The molecule has 2 amide bonds. The SMILES string of the molecule is Cc1ccc(NC(=O)COc2ccc(/C=N/NC(=O)c3ccc([N+](=O)[O-])cc3)cc2Cl)c(C)c1. The molecule has 10 heteroatoms. The number of carbonyl (C=O) groups is 2. The van der Waals surface area contributed by atoms with Crippen LogP contribution >= 0.6 is 11.6 Å². The molecule has 0 saturated carbocycles. The van der Waals surface area contributed by atoms with E-state index in [0.717, 1.165) is 11.1 Å². The van der Waals surface area contributed by atoms with Gasteiger partial charge in [-0.2, -0.15) is 5.10 Å². The summed E-state index contributed by atoms with van der Waals surface area (Å²) in [6, 6.07) is 15.7. The molecule has 0 fully saturated rings. The van der Waals surface area contributed by atoms with Crippen LogP contribution in [0, 0.1) is 24.0 Å². The van der Waals surface area contributed by atoms with Crippen molar-refractivity contribution >= 4 is 41.0 Å². The number of benzene rings is 3. The molecule has 0 aliphatic heterocycles. The monoisotopic (exact) mass is 480 g/mol. The van der Waals surface area contributed by atoms with E-state index in [1.54, 1.807) is 18.2 Å². The van der Waals surface area contributed by atoms with Crippen molar-refractivity contribution in [3.8, 4) is 5.75 Å². The minimum absolute atomic E-state index is 0.111. The lowest BCUT2D eigenvalue weighted by Gasteiger charge is -2.11. The quantitative estimate of drug-likeness (QED) is 0.276. The number of nitro benzene ring substituents is 1. The number of aryl methyl sites for hydroxylation is 2. The normalized spacial score (nSPS) is 10.7.